The lowest BCUT2D eigenvalue weighted by atomic mass is 9.92. The molecule has 0 amide bonds. The number of ketones is 1. The molecule has 1 aromatic rings. The molecule has 2 aliphatic heterocycles. The highest BCUT2D eigenvalue weighted by molar-refractivity contribution is 7.14. The van der Waals surface area contributed by atoms with E-state index in [-0.39, 0.29) is 11.5 Å². The second kappa shape index (κ2) is 4.93. The molecule has 0 spiro atoms. The summed E-state index contributed by atoms with van der Waals surface area (Å²) in [6.07, 6.45) is 4.48. The number of carboxylic acids is 1. The lowest BCUT2D eigenvalue weighted by Gasteiger charge is -2.35. The Morgan fingerprint density at radius 3 is 2.35 bits per heavy atom. The van der Waals surface area contributed by atoms with E-state index in [0.717, 1.165) is 17.8 Å². The number of aromatic nitrogens is 1. The van der Waals surface area contributed by atoms with Crippen LogP contribution in [0.4, 0.5) is 0 Å². The number of carboxylic acid groups (broad SMARTS) is 1. The average molecular weight is 294 g/mol. The van der Waals surface area contributed by atoms with Crippen molar-refractivity contribution < 1.29 is 14.7 Å². The number of carbonyl (C=O) groups excluding carboxylic acids is 1. The van der Waals surface area contributed by atoms with Gasteiger partial charge in [-0.1, -0.05) is 0 Å². The molecule has 20 heavy (non-hydrogen) atoms. The number of Topliss-reactive ketones (excluding diaryl/α,β-unsaturated/α-hetero) is 1. The zero-order valence-electron chi connectivity index (χ0n) is 11.6. The third kappa shape index (κ3) is 2.16. The summed E-state index contributed by atoms with van der Waals surface area (Å²) in [6, 6.07) is 1.16. The summed E-state index contributed by atoms with van der Waals surface area (Å²) in [5, 5.41) is 10.00. The van der Waals surface area contributed by atoms with Crippen molar-refractivity contribution in [1.29, 1.82) is 0 Å². The van der Waals surface area contributed by atoms with E-state index in [4.69, 9.17) is 5.11 Å². The maximum Gasteiger partial charge on any atom is 0.356 e. The van der Waals surface area contributed by atoms with Crippen LogP contribution in [-0.4, -0.2) is 45.9 Å². The first kappa shape index (κ1) is 13.7. The Kier molecular flexibility index (Phi) is 3.38. The molecule has 1 aromatic heterocycles. The third-order valence-corrected chi connectivity index (χ3v) is 5.93. The van der Waals surface area contributed by atoms with Gasteiger partial charge in [0.1, 0.15) is 4.88 Å². The molecule has 0 aromatic carbocycles. The number of piperidine rings is 1. The van der Waals surface area contributed by atoms with E-state index in [9.17, 15) is 9.59 Å². The van der Waals surface area contributed by atoms with Crippen LogP contribution in [0.25, 0.3) is 0 Å². The predicted molar refractivity (Wildman–Crippen MR) is 75.6 cm³/mol. The fraction of sp³-hybridized carbons (Fsp3) is 0.643. The van der Waals surface area contributed by atoms with Crippen molar-refractivity contribution in [3.63, 3.8) is 0 Å². The smallest absolute Gasteiger partial charge is 0.356 e. The second-order valence-corrected chi connectivity index (χ2v) is 6.84. The molecular weight excluding hydrogens is 276 g/mol. The molecule has 0 saturated carbocycles. The molecular formula is C14H18N2O3S. The van der Waals surface area contributed by atoms with Crippen molar-refractivity contribution in [2.75, 3.05) is 7.05 Å². The first-order valence-electron chi connectivity index (χ1n) is 6.94. The monoisotopic (exact) mass is 294 g/mol. The molecule has 108 valence electrons. The van der Waals surface area contributed by atoms with Gasteiger partial charge in [-0.15, -0.1) is 11.3 Å². The van der Waals surface area contributed by atoms with Crippen LogP contribution in [0.1, 0.15) is 63.7 Å². The number of nitrogens with zero attached hydrogens (tertiary/aromatic N) is 2. The minimum atomic E-state index is -1.10. The van der Waals surface area contributed by atoms with Crippen LogP contribution in [0.15, 0.2) is 0 Å². The Morgan fingerprint density at radius 1 is 1.30 bits per heavy atom. The molecule has 3 heterocycles. The van der Waals surface area contributed by atoms with E-state index in [1.165, 1.54) is 31.1 Å². The van der Waals surface area contributed by atoms with E-state index < -0.39 is 5.97 Å². The lowest BCUT2D eigenvalue weighted by Crippen LogP contribution is -2.39. The standard InChI is InChI=1S/C14H18N2O3S/c1-7(17)12-11(14(18)19)15-13(20-12)8-5-9-3-4-10(6-8)16(9)2/h8-10H,3-6H2,1-2H3,(H,18,19). The lowest BCUT2D eigenvalue weighted by molar-refractivity contribution is 0.0686. The summed E-state index contributed by atoms with van der Waals surface area (Å²) in [5.41, 5.74) is -0.0659. The van der Waals surface area contributed by atoms with Crippen molar-refractivity contribution in [3.8, 4) is 0 Å². The Balaban J connectivity index is 1.90. The minimum absolute atomic E-state index is 0.0659. The van der Waals surface area contributed by atoms with Crippen molar-refractivity contribution >= 4 is 23.1 Å². The normalized spacial score (nSPS) is 29.6. The first-order valence-corrected chi connectivity index (χ1v) is 7.76. The average Bonchev–Trinajstić information content (AvgIpc) is 2.89. The largest absolute Gasteiger partial charge is 0.476 e. The van der Waals surface area contributed by atoms with Crippen LogP contribution in [0.2, 0.25) is 0 Å². The van der Waals surface area contributed by atoms with Crippen molar-refractivity contribution in [2.45, 2.75) is 50.6 Å². The number of fused-ring (bicyclic) bond motifs is 2. The summed E-state index contributed by atoms with van der Waals surface area (Å²) in [6.45, 7) is 1.40. The minimum Gasteiger partial charge on any atom is -0.476 e. The molecule has 2 atom stereocenters. The molecule has 1 N–H and O–H groups in total. The van der Waals surface area contributed by atoms with Gasteiger partial charge in [-0.3, -0.25) is 4.79 Å². The van der Waals surface area contributed by atoms with Gasteiger partial charge in [-0.25, -0.2) is 9.78 Å². The van der Waals surface area contributed by atoms with E-state index in [2.05, 4.69) is 16.9 Å². The molecule has 2 bridgehead atoms. The van der Waals surface area contributed by atoms with Gasteiger partial charge >= 0.3 is 5.97 Å². The number of hydrogen-bond donors (Lipinski definition) is 1. The van der Waals surface area contributed by atoms with Gasteiger partial charge in [-0.05, 0) is 32.7 Å². The summed E-state index contributed by atoms with van der Waals surface area (Å²) in [5.74, 6) is -1.00. The third-order valence-electron chi connectivity index (χ3n) is 4.61. The first-order chi connectivity index (χ1) is 9.47. The highest BCUT2D eigenvalue weighted by Gasteiger charge is 2.40. The summed E-state index contributed by atoms with van der Waals surface area (Å²) >= 11 is 1.28. The molecule has 2 fully saturated rings. The van der Waals surface area contributed by atoms with E-state index >= 15 is 0 Å². The summed E-state index contributed by atoms with van der Waals surface area (Å²) in [4.78, 5) is 29.7. The second-order valence-electron chi connectivity index (χ2n) is 5.81. The number of hydrogen-bond acceptors (Lipinski definition) is 5. The van der Waals surface area contributed by atoms with Gasteiger partial charge in [0.25, 0.3) is 0 Å². The number of rotatable bonds is 3. The van der Waals surface area contributed by atoms with Crippen LogP contribution in [-0.2, 0) is 0 Å². The van der Waals surface area contributed by atoms with Crippen LogP contribution >= 0.6 is 11.3 Å². The van der Waals surface area contributed by atoms with Gasteiger partial charge in [-0.2, -0.15) is 0 Å². The Morgan fingerprint density at radius 2 is 1.90 bits per heavy atom. The van der Waals surface area contributed by atoms with E-state index in [1.807, 2.05) is 0 Å². The molecule has 5 nitrogen and oxygen atoms in total. The highest BCUT2D eigenvalue weighted by atomic mass is 32.1. The molecule has 2 saturated heterocycles. The van der Waals surface area contributed by atoms with Gasteiger partial charge < -0.3 is 10.0 Å². The van der Waals surface area contributed by atoms with Crippen molar-refractivity contribution in [2.24, 2.45) is 0 Å². The number of carbonyl (C=O) groups is 2. The van der Waals surface area contributed by atoms with Gasteiger partial charge in [0.2, 0.25) is 0 Å². The molecule has 6 heteroatoms. The van der Waals surface area contributed by atoms with Crippen molar-refractivity contribution in [3.05, 3.63) is 15.6 Å². The van der Waals surface area contributed by atoms with Gasteiger partial charge in [0.15, 0.2) is 11.5 Å². The van der Waals surface area contributed by atoms with Crippen LogP contribution in [0.5, 0.6) is 0 Å². The fourth-order valence-corrected chi connectivity index (χ4v) is 4.59. The van der Waals surface area contributed by atoms with E-state index in [1.54, 1.807) is 0 Å². The quantitative estimate of drug-likeness (QED) is 0.867. The molecule has 0 aliphatic carbocycles. The zero-order chi connectivity index (χ0) is 14.4. The SMILES string of the molecule is CC(=O)c1sc(C2CC3CCC(C2)N3C)nc1C(=O)O. The number of aromatic carboxylic acids is 1. The van der Waals surface area contributed by atoms with Gasteiger partial charge in [0, 0.05) is 24.9 Å². The molecule has 2 unspecified atom stereocenters. The highest BCUT2D eigenvalue weighted by Crippen LogP contribution is 2.43. The zero-order valence-corrected chi connectivity index (χ0v) is 12.4. The summed E-state index contributed by atoms with van der Waals surface area (Å²) in [7, 11) is 2.17. The molecule has 2 aliphatic rings. The summed E-state index contributed by atoms with van der Waals surface area (Å²) < 4.78 is 0. The maximum absolute atomic E-state index is 11.6. The van der Waals surface area contributed by atoms with E-state index in [0.29, 0.717) is 22.9 Å². The Labute approximate surface area is 121 Å². The Bertz CT molecular complexity index is 523. The van der Waals surface area contributed by atoms with Crippen LogP contribution < -0.4 is 0 Å². The van der Waals surface area contributed by atoms with Crippen LogP contribution in [0.3, 0.4) is 0 Å². The maximum atomic E-state index is 11.6. The Hall–Kier alpha value is -1.27. The molecule has 3 rings (SSSR count). The van der Waals surface area contributed by atoms with Crippen LogP contribution in [0, 0.1) is 0 Å². The van der Waals surface area contributed by atoms with Gasteiger partial charge in [0.05, 0.1) is 5.01 Å². The molecule has 0 radical (unpaired) electrons. The number of thiazole rings is 1. The van der Waals surface area contributed by atoms with Crippen molar-refractivity contribution in [1.82, 2.24) is 9.88 Å². The predicted octanol–water partition coefficient (Wildman–Crippen LogP) is 2.38. The topological polar surface area (TPSA) is 70.5 Å². The fourth-order valence-electron chi connectivity index (χ4n) is 3.51.